The van der Waals surface area contributed by atoms with Crippen LogP contribution in [-0.2, 0) is 33.4 Å². The van der Waals surface area contributed by atoms with Gasteiger partial charge in [0.15, 0.2) is 18.2 Å². The van der Waals surface area contributed by atoms with Crippen molar-refractivity contribution in [1.82, 2.24) is 31.0 Å². The van der Waals surface area contributed by atoms with E-state index in [0.29, 0.717) is 63.2 Å². The third kappa shape index (κ3) is 8.96. The zero-order chi connectivity index (χ0) is 41.6. The maximum Gasteiger partial charge on any atom is 0.266 e. The number of piperidine rings is 1. The first-order chi connectivity index (χ1) is 28.5. The van der Waals surface area contributed by atoms with E-state index in [0.717, 1.165) is 24.2 Å². The number of carbonyl (C=O) groups excluding carboxylic acids is 6. The molecule has 3 heterocycles. The molecule has 59 heavy (non-hydrogen) atoms. The summed E-state index contributed by atoms with van der Waals surface area (Å²) < 4.78 is 28.1. The van der Waals surface area contributed by atoms with E-state index in [4.69, 9.17) is 29.4 Å². The summed E-state index contributed by atoms with van der Waals surface area (Å²) in [5.74, 6) is -2.38. The number of amides is 6. The van der Waals surface area contributed by atoms with E-state index >= 15 is 0 Å². The number of nitrogens with one attached hydrogen (secondary N) is 3. The van der Waals surface area contributed by atoms with Crippen LogP contribution in [0.15, 0.2) is 48.5 Å². The average molecular weight is 816 g/mol. The van der Waals surface area contributed by atoms with Gasteiger partial charge in [-0.15, -0.1) is 10.2 Å². The quantitative estimate of drug-likeness (QED) is 0.0734. The molecule has 312 valence electrons. The van der Waals surface area contributed by atoms with E-state index in [2.05, 4.69) is 26.1 Å². The highest BCUT2D eigenvalue weighted by Crippen LogP contribution is 2.73. The monoisotopic (exact) mass is 815 g/mol. The number of ether oxygens (including phenoxy) is 5. The molecule has 5 aliphatic rings. The summed E-state index contributed by atoms with van der Waals surface area (Å²) in [6.45, 7) is 2.41. The highest BCUT2D eigenvalue weighted by molar-refractivity contribution is 6.24. The van der Waals surface area contributed by atoms with Gasteiger partial charge in [-0.25, -0.2) is 0 Å². The van der Waals surface area contributed by atoms with Gasteiger partial charge in [0.05, 0.1) is 62.8 Å². The molecule has 4 fully saturated rings. The average Bonchev–Trinajstić information content (AvgIpc) is 3.44. The normalized spacial score (nSPS) is 21.6. The Balaban J connectivity index is 0.687. The van der Waals surface area contributed by atoms with E-state index in [1.54, 1.807) is 30.3 Å². The maximum atomic E-state index is 13.2. The number of para-hydroxylation sites is 1. The number of anilines is 1. The number of carbonyl (C=O) groups is 6. The Morgan fingerprint density at radius 3 is 2.22 bits per heavy atom. The summed E-state index contributed by atoms with van der Waals surface area (Å²) in [4.78, 5) is 76.0. The highest BCUT2D eigenvalue weighted by Gasteiger charge is 2.71. The molecular formula is C40H45N7O12. The predicted molar refractivity (Wildman–Crippen MR) is 205 cm³/mol. The number of aromatic nitrogens is 2. The summed E-state index contributed by atoms with van der Waals surface area (Å²) in [7, 11) is 0. The Bertz CT molecular complexity index is 2110. The Morgan fingerprint density at radius 2 is 1.51 bits per heavy atom. The molecule has 2 aliphatic heterocycles. The molecule has 2 bridgehead atoms. The topological polar surface area (TPSA) is 260 Å². The van der Waals surface area contributed by atoms with Crippen LogP contribution in [0.2, 0.25) is 0 Å². The van der Waals surface area contributed by atoms with Crippen LogP contribution in [0.1, 0.15) is 52.8 Å². The van der Waals surface area contributed by atoms with E-state index in [1.165, 1.54) is 18.2 Å². The van der Waals surface area contributed by atoms with Crippen molar-refractivity contribution in [3.05, 3.63) is 59.7 Å². The van der Waals surface area contributed by atoms with Crippen molar-refractivity contribution in [3.63, 3.8) is 0 Å². The molecule has 0 radical (unpaired) electrons. The predicted octanol–water partition coefficient (Wildman–Crippen LogP) is 0.743. The van der Waals surface area contributed by atoms with E-state index in [1.807, 2.05) is 0 Å². The number of fused-ring (bicyclic) bond motifs is 1. The number of hydrogen-bond donors (Lipinski definition) is 5. The Labute approximate surface area is 338 Å². The van der Waals surface area contributed by atoms with Crippen LogP contribution in [0.4, 0.5) is 5.82 Å². The van der Waals surface area contributed by atoms with Crippen molar-refractivity contribution in [1.29, 1.82) is 0 Å². The van der Waals surface area contributed by atoms with Crippen molar-refractivity contribution in [3.8, 4) is 28.5 Å². The fraction of sp³-hybridized carbons (Fsp3) is 0.450. The summed E-state index contributed by atoms with van der Waals surface area (Å²) in [5, 5.41) is 26.0. The fourth-order valence-electron chi connectivity index (χ4n) is 7.97. The number of rotatable bonds is 21. The Morgan fingerprint density at radius 1 is 0.831 bits per heavy atom. The fourth-order valence-corrected chi connectivity index (χ4v) is 7.97. The molecule has 6 N–H and O–H groups in total. The lowest BCUT2D eigenvalue weighted by Crippen LogP contribution is -2.69. The van der Waals surface area contributed by atoms with E-state index in [9.17, 15) is 33.9 Å². The van der Waals surface area contributed by atoms with Crippen LogP contribution in [0, 0.1) is 10.8 Å². The molecule has 3 saturated carbocycles. The van der Waals surface area contributed by atoms with Gasteiger partial charge in [0.1, 0.15) is 23.2 Å². The molecule has 1 atom stereocenters. The number of benzene rings is 2. The SMILES string of the molecule is Nc1nnc(-c2ccccc2O)cc1OCC12CC(C(=O)NCCOCCOCCOCCNC(=O)COc3cccc4c3C(=O)N(C3CCC(=O)NC3=O)C4=O)(C1)C2. The van der Waals surface area contributed by atoms with Crippen LogP contribution in [0.5, 0.6) is 17.2 Å². The molecular weight excluding hydrogens is 770 g/mol. The minimum absolute atomic E-state index is 0.00228. The molecule has 2 aromatic carbocycles. The third-order valence-electron chi connectivity index (χ3n) is 10.8. The van der Waals surface area contributed by atoms with Crippen LogP contribution in [-0.4, -0.2) is 128 Å². The van der Waals surface area contributed by atoms with Gasteiger partial charge in [0, 0.05) is 36.6 Å². The van der Waals surface area contributed by atoms with Crippen molar-refractivity contribution in [2.45, 2.75) is 38.1 Å². The molecule has 19 nitrogen and oxygen atoms in total. The molecule has 8 rings (SSSR count). The number of nitrogens with zero attached hydrogens (tertiary/aromatic N) is 3. The van der Waals surface area contributed by atoms with E-state index < -0.39 is 42.2 Å². The maximum absolute atomic E-state index is 13.2. The second kappa shape index (κ2) is 17.8. The second-order valence-electron chi connectivity index (χ2n) is 15.0. The van der Waals surface area contributed by atoms with Crippen molar-refractivity contribution in [2.24, 2.45) is 10.8 Å². The van der Waals surface area contributed by atoms with Gasteiger partial charge >= 0.3 is 0 Å². The molecule has 1 saturated heterocycles. The Hall–Kier alpha value is -6.18. The van der Waals surface area contributed by atoms with E-state index in [-0.39, 0.29) is 71.2 Å². The number of hydrogen-bond acceptors (Lipinski definition) is 15. The first-order valence-corrected chi connectivity index (χ1v) is 19.3. The van der Waals surface area contributed by atoms with Gasteiger partial charge in [-0.1, -0.05) is 18.2 Å². The minimum Gasteiger partial charge on any atom is -0.507 e. The van der Waals surface area contributed by atoms with Gasteiger partial charge in [-0.3, -0.25) is 39.0 Å². The van der Waals surface area contributed by atoms with Crippen molar-refractivity contribution >= 4 is 41.3 Å². The molecule has 1 unspecified atom stereocenters. The molecule has 6 amide bonds. The van der Waals surface area contributed by atoms with Crippen LogP contribution in [0.3, 0.4) is 0 Å². The number of phenols is 1. The lowest BCUT2D eigenvalue weighted by atomic mass is 9.35. The van der Waals surface area contributed by atoms with Crippen LogP contribution >= 0.6 is 0 Å². The third-order valence-corrected chi connectivity index (χ3v) is 10.8. The van der Waals surface area contributed by atoms with Gasteiger partial charge in [0.25, 0.3) is 17.7 Å². The summed E-state index contributed by atoms with van der Waals surface area (Å²) >= 11 is 0. The lowest BCUT2D eigenvalue weighted by molar-refractivity contribution is -0.217. The number of nitrogen functional groups attached to an aromatic ring is 1. The minimum atomic E-state index is -1.11. The number of nitrogens with two attached hydrogens (primary N) is 1. The zero-order valence-corrected chi connectivity index (χ0v) is 32.2. The Kier molecular flexibility index (Phi) is 12.3. The standard InChI is InChI=1S/C40H45N7O12/c41-34-30(18-26(45-46-34)24-4-1-2-6-28(24)48)59-23-39-20-40(21-39,22-39)38(54)43-11-13-56-15-17-57-16-14-55-12-10-42-32(50)19-58-29-7-3-5-25-33(29)37(53)47(36(25)52)27-8-9-31(49)44-35(27)51/h1-7,18,27,48H,8-17,19-23H2,(H2,41,46)(H,42,50)(H,43,54)(H,44,49,51). The first-order valence-electron chi connectivity index (χ1n) is 19.3. The zero-order valence-electron chi connectivity index (χ0n) is 32.2. The van der Waals surface area contributed by atoms with Crippen molar-refractivity contribution in [2.75, 3.05) is 71.7 Å². The summed E-state index contributed by atoms with van der Waals surface area (Å²) in [5.41, 5.74) is 6.53. The molecule has 1 aromatic heterocycles. The van der Waals surface area contributed by atoms with Gasteiger partial charge in [0.2, 0.25) is 17.7 Å². The number of phenolic OH excluding ortho intramolecular Hbond substituents is 1. The van der Waals surface area contributed by atoms with Crippen LogP contribution < -0.4 is 31.2 Å². The lowest BCUT2D eigenvalue weighted by Gasteiger charge is -2.68. The molecule has 0 spiro atoms. The van der Waals surface area contributed by atoms with Gasteiger partial charge in [-0.2, -0.15) is 0 Å². The van der Waals surface area contributed by atoms with Gasteiger partial charge in [-0.05, 0) is 49.9 Å². The second-order valence-corrected chi connectivity index (χ2v) is 15.0. The first kappa shape index (κ1) is 41.0. The summed E-state index contributed by atoms with van der Waals surface area (Å²) in [6.07, 6.45) is 2.22. The van der Waals surface area contributed by atoms with Gasteiger partial charge < -0.3 is 45.2 Å². The summed E-state index contributed by atoms with van der Waals surface area (Å²) in [6, 6.07) is 11.8. The van der Waals surface area contributed by atoms with Crippen LogP contribution in [0.25, 0.3) is 11.3 Å². The smallest absolute Gasteiger partial charge is 0.266 e. The van der Waals surface area contributed by atoms with Crippen molar-refractivity contribution < 1.29 is 57.6 Å². The molecule has 3 aliphatic carbocycles. The highest BCUT2D eigenvalue weighted by atomic mass is 16.5. The number of imide groups is 2. The molecule has 3 aromatic rings. The molecule has 19 heteroatoms. The largest absolute Gasteiger partial charge is 0.507 e. The number of aromatic hydroxyl groups is 1.